The zero-order chi connectivity index (χ0) is 20.4. The number of hydrogen-bond acceptors (Lipinski definition) is 2. The largest absolute Gasteiger partial charge is 0.390 e. The number of rotatable bonds is 6. The molecule has 0 saturated heterocycles. The molecule has 0 aliphatic carbocycles. The van der Waals surface area contributed by atoms with E-state index in [-0.39, 0.29) is 18.4 Å². The van der Waals surface area contributed by atoms with E-state index in [4.69, 9.17) is 0 Å². The van der Waals surface area contributed by atoms with Crippen LogP contribution in [-0.4, -0.2) is 16.9 Å². The number of nitrogens with zero attached hydrogens (tertiary/aromatic N) is 1. The third-order valence-electron chi connectivity index (χ3n) is 4.78. The highest BCUT2D eigenvalue weighted by molar-refractivity contribution is 5.88. The first-order valence-electron chi connectivity index (χ1n) is 8.83. The second-order valence-electron chi connectivity index (χ2n) is 7.27. The number of hydrogen-bond donors (Lipinski definition) is 0. The standard InChI is InChI=1S/C22H19F4NO/c1-21(14-22(24,25)26,12-15-6-3-2-4-7-15)19(28)11-16-10-17-8-5-9-18(23)20(17)27-13-16/h2-10,13H,11-12,14H2,1H3/t21-/m0/s1. The summed E-state index contributed by atoms with van der Waals surface area (Å²) in [6.45, 7) is 1.35. The molecule has 3 rings (SSSR count). The van der Waals surface area contributed by atoms with E-state index in [1.165, 1.54) is 25.3 Å². The number of carbonyl (C=O) groups excluding carboxylic acids is 1. The van der Waals surface area contributed by atoms with Gasteiger partial charge in [-0.25, -0.2) is 4.39 Å². The van der Waals surface area contributed by atoms with Crippen LogP contribution in [0.25, 0.3) is 10.9 Å². The number of pyridine rings is 1. The molecular weight excluding hydrogens is 370 g/mol. The van der Waals surface area contributed by atoms with E-state index >= 15 is 0 Å². The number of carbonyl (C=O) groups is 1. The Kier molecular flexibility index (Phi) is 5.49. The molecule has 0 bridgehead atoms. The monoisotopic (exact) mass is 389 g/mol. The molecule has 146 valence electrons. The van der Waals surface area contributed by atoms with E-state index in [1.54, 1.807) is 42.5 Å². The average Bonchev–Trinajstić information content (AvgIpc) is 2.61. The predicted octanol–water partition coefficient (Wildman–Crippen LogP) is 5.69. The molecule has 1 atom stereocenters. The van der Waals surface area contributed by atoms with Crippen molar-refractivity contribution in [2.45, 2.75) is 32.4 Å². The summed E-state index contributed by atoms with van der Waals surface area (Å²) in [5.41, 5.74) is -0.303. The van der Waals surface area contributed by atoms with Crippen molar-refractivity contribution in [1.29, 1.82) is 0 Å². The zero-order valence-corrected chi connectivity index (χ0v) is 15.3. The van der Waals surface area contributed by atoms with Crippen molar-refractivity contribution in [2.24, 2.45) is 5.41 Å². The Balaban J connectivity index is 1.88. The fraction of sp³-hybridized carbons (Fsp3) is 0.273. The Labute approximate surface area is 160 Å². The van der Waals surface area contributed by atoms with Gasteiger partial charge < -0.3 is 0 Å². The molecule has 1 heterocycles. The van der Waals surface area contributed by atoms with Crippen LogP contribution in [0.4, 0.5) is 17.6 Å². The maximum Gasteiger partial charge on any atom is 0.390 e. The predicted molar refractivity (Wildman–Crippen MR) is 99.3 cm³/mol. The summed E-state index contributed by atoms with van der Waals surface area (Å²) >= 11 is 0. The fourth-order valence-corrected chi connectivity index (χ4v) is 3.41. The van der Waals surface area contributed by atoms with Gasteiger partial charge in [0.1, 0.15) is 17.1 Å². The number of benzene rings is 2. The molecular formula is C22H19F4NO. The van der Waals surface area contributed by atoms with Crippen LogP contribution < -0.4 is 0 Å². The van der Waals surface area contributed by atoms with Gasteiger partial charge in [0.2, 0.25) is 0 Å². The van der Waals surface area contributed by atoms with Gasteiger partial charge in [0.05, 0.1) is 6.42 Å². The second kappa shape index (κ2) is 7.70. The molecule has 0 fully saturated rings. The van der Waals surface area contributed by atoms with E-state index in [2.05, 4.69) is 4.98 Å². The smallest absolute Gasteiger partial charge is 0.299 e. The Morgan fingerprint density at radius 3 is 2.39 bits per heavy atom. The van der Waals surface area contributed by atoms with Crippen LogP contribution >= 0.6 is 0 Å². The lowest BCUT2D eigenvalue weighted by Gasteiger charge is -2.29. The summed E-state index contributed by atoms with van der Waals surface area (Å²) in [6, 6.07) is 14.7. The molecule has 0 saturated carbocycles. The van der Waals surface area contributed by atoms with Crippen LogP contribution in [0.5, 0.6) is 0 Å². The molecule has 28 heavy (non-hydrogen) atoms. The van der Waals surface area contributed by atoms with Crippen molar-refractivity contribution in [2.75, 3.05) is 0 Å². The van der Waals surface area contributed by atoms with Gasteiger partial charge in [-0.1, -0.05) is 49.4 Å². The molecule has 0 radical (unpaired) electrons. The first-order chi connectivity index (χ1) is 13.2. The van der Waals surface area contributed by atoms with E-state index in [0.717, 1.165) is 0 Å². The Bertz CT molecular complexity index is 985. The van der Waals surface area contributed by atoms with E-state index in [0.29, 0.717) is 16.5 Å². The molecule has 2 nitrogen and oxygen atoms in total. The molecule has 0 spiro atoms. The maximum absolute atomic E-state index is 13.7. The maximum atomic E-state index is 13.7. The normalized spacial score (nSPS) is 14.0. The van der Waals surface area contributed by atoms with E-state index < -0.39 is 29.6 Å². The van der Waals surface area contributed by atoms with Crippen LogP contribution in [-0.2, 0) is 17.6 Å². The van der Waals surface area contributed by atoms with Gasteiger partial charge in [-0.3, -0.25) is 9.78 Å². The van der Waals surface area contributed by atoms with Gasteiger partial charge in [0, 0.05) is 23.4 Å². The molecule has 0 N–H and O–H groups in total. The highest BCUT2D eigenvalue weighted by Crippen LogP contribution is 2.38. The van der Waals surface area contributed by atoms with Crippen molar-refractivity contribution in [1.82, 2.24) is 4.98 Å². The summed E-state index contributed by atoms with van der Waals surface area (Å²) in [7, 11) is 0. The van der Waals surface area contributed by atoms with Crippen molar-refractivity contribution >= 4 is 16.7 Å². The van der Waals surface area contributed by atoms with E-state index in [9.17, 15) is 22.4 Å². The number of alkyl halides is 3. The van der Waals surface area contributed by atoms with Crippen molar-refractivity contribution < 1.29 is 22.4 Å². The lowest BCUT2D eigenvalue weighted by molar-refractivity contribution is -0.165. The van der Waals surface area contributed by atoms with Gasteiger partial charge in [-0.2, -0.15) is 13.2 Å². The quantitative estimate of drug-likeness (QED) is 0.507. The Morgan fingerprint density at radius 2 is 1.71 bits per heavy atom. The summed E-state index contributed by atoms with van der Waals surface area (Å²) in [4.78, 5) is 16.9. The summed E-state index contributed by atoms with van der Waals surface area (Å²) in [5.74, 6) is -1.01. The molecule has 0 aliphatic rings. The summed E-state index contributed by atoms with van der Waals surface area (Å²) in [6.07, 6.45) is -4.53. The summed E-state index contributed by atoms with van der Waals surface area (Å²) < 4.78 is 53.3. The van der Waals surface area contributed by atoms with Crippen LogP contribution in [0, 0.1) is 11.2 Å². The van der Waals surface area contributed by atoms with Crippen LogP contribution in [0.1, 0.15) is 24.5 Å². The van der Waals surface area contributed by atoms with Gasteiger partial charge in [0.25, 0.3) is 0 Å². The van der Waals surface area contributed by atoms with E-state index in [1.807, 2.05) is 0 Å². The topological polar surface area (TPSA) is 30.0 Å². The van der Waals surface area contributed by atoms with Crippen LogP contribution in [0.2, 0.25) is 0 Å². The third kappa shape index (κ3) is 4.74. The Hall–Kier alpha value is -2.76. The molecule has 0 unspecified atom stereocenters. The van der Waals surface area contributed by atoms with Crippen molar-refractivity contribution in [3.63, 3.8) is 0 Å². The van der Waals surface area contributed by atoms with Crippen LogP contribution in [0.3, 0.4) is 0 Å². The Morgan fingerprint density at radius 1 is 1.00 bits per heavy atom. The molecule has 3 aromatic rings. The number of Topliss-reactive ketones (excluding diaryl/α,β-unsaturated/α-hetero) is 1. The lowest BCUT2D eigenvalue weighted by Crippen LogP contribution is -2.36. The van der Waals surface area contributed by atoms with Gasteiger partial charge in [-0.05, 0) is 29.7 Å². The van der Waals surface area contributed by atoms with Crippen molar-refractivity contribution in [3.05, 3.63) is 77.7 Å². The fourth-order valence-electron chi connectivity index (χ4n) is 3.41. The van der Waals surface area contributed by atoms with Gasteiger partial charge in [0.15, 0.2) is 0 Å². The number of aromatic nitrogens is 1. The minimum atomic E-state index is -4.47. The molecule has 0 aliphatic heterocycles. The number of para-hydroxylation sites is 1. The minimum Gasteiger partial charge on any atom is -0.299 e. The average molecular weight is 389 g/mol. The second-order valence-corrected chi connectivity index (χ2v) is 7.27. The van der Waals surface area contributed by atoms with Crippen molar-refractivity contribution in [3.8, 4) is 0 Å². The molecule has 0 amide bonds. The highest BCUT2D eigenvalue weighted by Gasteiger charge is 2.43. The highest BCUT2D eigenvalue weighted by atomic mass is 19.4. The third-order valence-corrected chi connectivity index (χ3v) is 4.78. The minimum absolute atomic E-state index is 0.0121. The first-order valence-corrected chi connectivity index (χ1v) is 8.83. The number of fused-ring (bicyclic) bond motifs is 1. The molecule has 6 heteroatoms. The van der Waals surface area contributed by atoms with Crippen LogP contribution in [0.15, 0.2) is 60.8 Å². The zero-order valence-electron chi connectivity index (χ0n) is 15.3. The summed E-state index contributed by atoms with van der Waals surface area (Å²) in [5, 5.41) is 0.505. The van der Waals surface area contributed by atoms with Gasteiger partial charge in [-0.15, -0.1) is 0 Å². The number of halogens is 4. The van der Waals surface area contributed by atoms with Gasteiger partial charge >= 0.3 is 6.18 Å². The number of ketones is 1. The molecule has 2 aromatic carbocycles. The lowest BCUT2D eigenvalue weighted by atomic mass is 9.75. The first kappa shape index (κ1) is 20.0. The molecule has 1 aromatic heterocycles. The SMILES string of the molecule is C[C@](Cc1ccccc1)(CC(F)(F)F)C(=O)Cc1cnc2c(F)cccc2c1.